The highest BCUT2D eigenvalue weighted by Gasteiger charge is 2.49. The number of ether oxygens (including phenoxy) is 1. The quantitative estimate of drug-likeness (QED) is 0.429. The molecule has 180 valence electrons. The first-order valence-corrected chi connectivity index (χ1v) is 10.8. The van der Waals surface area contributed by atoms with E-state index in [2.05, 4.69) is 16.0 Å². The molecule has 1 fully saturated rings. The van der Waals surface area contributed by atoms with Gasteiger partial charge in [-0.3, -0.25) is 19.3 Å². The van der Waals surface area contributed by atoms with Crippen LogP contribution in [-0.2, 0) is 21.7 Å². The molecule has 35 heavy (non-hydrogen) atoms. The number of nitrogens with zero attached hydrogens (tertiary/aromatic N) is 1. The average Bonchev–Trinajstić information content (AvgIpc) is 3.47. The minimum atomic E-state index is -1.29. The van der Waals surface area contributed by atoms with Crippen LogP contribution in [0.25, 0.3) is 0 Å². The molecule has 1 saturated heterocycles. The lowest BCUT2D eigenvalue weighted by molar-refractivity contribution is -0.134. The molecule has 1 aromatic heterocycles. The molecule has 5 amide bonds. The third-order valence-corrected chi connectivity index (χ3v) is 5.66. The fraction of sp³-hybridized carbons (Fsp3) is 0.200. The summed E-state index contributed by atoms with van der Waals surface area (Å²) in [7, 11) is 1.53. The van der Waals surface area contributed by atoms with E-state index in [1.54, 1.807) is 67.6 Å². The molecule has 10 heteroatoms. The first-order chi connectivity index (χ1) is 16.8. The highest BCUT2D eigenvalue weighted by atomic mass is 16.5. The number of rotatable bonds is 8. The van der Waals surface area contributed by atoms with Gasteiger partial charge in [-0.1, -0.05) is 24.3 Å². The molecule has 0 saturated carbocycles. The van der Waals surface area contributed by atoms with E-state index >= 15 is 0 Å². The number of carbonyl (C=O) groups is 4. The summed E-state index contributed by atoms with van der Waals surface area (Å²) in [5.74, 6) is -0.619. The van der Waals surface area contributed by atoms with Crippen molar-refractivity contribution in [2.75, 3.05) is 19.0 Å². The SMILES string of the molecule is COc1ccc(C2(C)NC(=O)N(CC(=O)NCc3cccc(NC(=O)c4ccco4)c3)C2=O)cc1. The van der Waals surface area contributed by atoms with Gasteiger partial charge in [-0.25, -0.2) is 4.79 Å². The van der Waals surface area contributed by atoms with Crippen LogP contribution >= 0.6 is 0 Å². The molecular weight excluding hydrogens is 452 g/mol. The van der Waals surface area contributed by atoms with E-state index in [0.29, 0.717) is 17.0 Å². The molecule has 1 unspecified atom stereocenters. The molecule has 3 N–H and O–H groups in total. The Kier molecular flexibility index (Phi) is 6.54. The summed E-state index contributed by atoms with van der Waals surface area (Å²) in [5, 5.41) is 8.08. The van der Waals surface area contributed by atoms with Gasteiger partial charge in [0.25, 0.3) is 11.8 Å². The van der Waals surface area contributed by atoms with E-state index in [1.165, 1.54) is 13.4 Å². The monoisotopic (exact) mass is 476 g/mol. The zero-order valence-electron chi connectivity index (χ0n) is 19.2. The van der Waals surface area contributed by atoms with Gasteiger partial charge in [0.1, 0.15) is 17.8 Å². The van der Waals surface area contributed by atoms with Crippen LogP contribution in [-0.4, -0.2) is 42.3 Å². The topological polar surface area (TPSA) is 130 Å². The van der Waals surface area contributed by atoms with E-state index in [1.807, 2.05) is 0 Å². The van der Waals surface area contributed by atoms with Crippen LogP contribution in [0.15, 0.2) is 71.3 Å². The number of nitrogens with one attached hydrogen (secondary N) is 3. The van der Waals surface area contributed by atoms with Gasteiger partial charge in [0.05, 0.1) is 13.4 Å². The standard InChI is InChI=1S/C25H24N4O6/c1-25(17-8-10-19(34-2)11-9-17)23(32)29(24(33)28-25)15-21(30)26-14-16-5-3-6-18(13-16)27-22(31)20-7-4-12-35-20/h3-13H,14-15H2,1-2H3,(H,26,30)(H,27,31)(H,28,33). The molecule has 10 nitrogen and oxygen atoms in total. The van der Waals surface area contributed by atoms with Crippen LogP contribution in [0.5, 0.6) is 5.75 Å². The molecule has 4 rings (SSSR count). The maximum Gasteiger partial charge on any atom is 0.325 e. The number of urea groups is 1. The molecule has 1 aliphatic heterocycles. The van der Waals surface area contributed by atoms with Crippen LogP contribution in [0.2, 0.25) is 0 Å². The number of benzene rings is 2. The lowest BCUT2D eigenvalue weighted by atomic mass is 9.92. The molecular formula is C25H24N4O6. The molecule has 2 heterocycles. The number of anilines is 1. The summed E-state index contributed by atoms with van der Waals surface area (Å²) in [6.07, 6.45) is 1.41. The van der Waals surface area contributed by atoms with Crippen molar-refractivity contribution < 1.29 is 28.3 Å². The van der Waals surface area contributed by atoms with Crippen molar-refractivity contribution in [2.45, 2.75) is 19.0 Å². The lowest BCUT2D eigenvalue weighted by Gasteiger charge is -2.22. The normalized spacial score (nSPS) is 17.1. The molecule has 0 aliphatic carbocycles. The van der Waals surface area contributed by atoms with E-state index < -0.39 is 35.8 Å². The maximum absolute atomic E-state index is 13.0. The number of furan rings is 1. The largest absolute Gasteiger partial charge is 0.497 e. The Bertz CT molecular complexity index is 1260. The molecule has 0 bridgehead atoms. The van der Waals surface area contributed by atoms with Crippen molar-refractivity contribution in [1.29, 1.82) is 0 Å². The number of hydrogen-bond donors (Lipinski definition) is 3. The van der Waals surface area contributed by atoms with Gasteiger partial charge in [0.15, 0.2) is 5.76 Å². The molecule has 1 atom stereocenters. The van der Waals surface area contributed by atoms with Crippen LogP contribution in [0.3, 0.4) is 0 Å². The molecule has 3 aromatic rings. The fourth-order valence-corrected chi connectivity index (χ4v) is 3.72. The predicted octanol–water partition coefficient (Wildman–Crippen LogP) is 2.62. The van der Waals surface area contributed by atoms with Gasteiger partial charge in [0.2, 0.25) is 5.91 Å². The van der Waals surface area contributed by atoms with Crippen LogP contribution in [0, 0.1) is 0 Å². The van der Waals surface area contributed by atoms with E-state index in [4.69, 9.17) is 9.15 Å². The van der Waals surface area contributed by atoms with Gasteiger partial charge in [-0.05, 0) is 54.4 Å². The van der Waals surface area contributed by atoms with E-state index in [-0.39, 0.29) is 12.3 Å². The van der Waals surface area contributed by atoms with Gasteiger partial charge < -0.3 is 25.1 Å². The Balaban J connectivity index is 1.35. The second-order valence-electron chi connectivity index (χ2n) is 8.08. The Hall–Kier alpha value is -4.60. The van der Waals surface area contributed by atoms with Gasteiger partial charge in [0, 0.05) is 12.2 Å². The predicted molar refractivity (Wildman–Crippen MR) is 126 cm³/mol. The Morgan fingerprint density at radius 3 is 2.54 bits per heavy atom. The van der Waals surface area contributed by atoms with Crippen molar-refractivity contribution in [3.05, 3.63) is 83.8 Å². The first kappa shape index (κ1) is 23.6. The van der Waals surface area contributed by atoms with Crippen LogP contribution in [0.1, 0.15) is 28.6 Å². The smallest absolute Gasteiger partial charge is 0.325 e. The fourth-order valence-electron chi connectivity index (χ4n) is 3.72. The minimum Gasteiger partial charge on any atom is -0.497 e. The summed E-state index contributed by atoms with van der Waals surface area (Å²) in [5.41, 5.74) is 0.538. The Morgan fingerprint density at radius 1 is 1.09 bits per heavy atom. The number of imide groups is 1. The van der Waals surface area contributed by atoms with Gasteiger partial charge in [-0.2, -0.15) is 0 Å². The third kappa shape index (κ3) is 5.01. The molecule has 0 spiro atoms. The molecule has 2 aromatic carbocycles. The summed E-state index contributed by atoms with van der Waals surface area (Å²) in [6.45, 7) is 1.31. The number of amides is 5. The number of methoxy groups -OCH3 is 1. The van der Waals surface area contributed by atoms with Gasteiger partial charge in [-0.15, -0.1) is 0 Å². The summed E-state index contributed by atoms with van der Waals surface area (Å²) in [4.78, 5) is 51.1. The summed E-state index contributed by atoms with van der Waals surface area (Å²) >= 11 is 0. The van der Waals surface area contributed by atoms with E-state index in [9.17, 15) is 19.2 Å². The Morgan fingerprint density at radius 2 is 1.86 bits per heavy atom. The summed E-state index contributed by atoms with van der Waals surface area (Å²) < 4.78 is 10.2. The average molecular weight is 476 g/mol. The van der Waals surface area contributed by atoms with Crippen molar-refractivity contribution in [2.24, 2.45) is 0 Å². The zero-order valence-corrected chi connectivity index (χ0v) is 19.2. The number of hydrogen-bond acceptors (Lipinski definition) is 6. The first-order valence-electron chi connectivity index (χ1n) is 10.8. The van der Waals surface area contributed by atoms with Crippen LogP contribution < -0.4 is 20.7 Å². The highest BCUT2D eigenvalue weighted by molar-refractivity contribution is 6.09. The van der Waals surface area contributed by atoms with Crippen molar-refractivity contribution >= 4 is 29.4 Å². The minimum absolute atomic E-state index is 0.142. The third-order valence-electron chi connectivity index (χ3n) is 5.66. The lowest BCUT2D eigenvalue weighted by Crippen LogP contribution is -2.43. The van der Waals surface area contributed by atoms with Crippen molar-refractivity contribution in [3.8, 4) is 5.75 Å². The second kappa shape index (κ2) is 9.72. The highest BCUT2D eigenvalue weighted by Crippen LogP contribution is 2.29. The van der Waals surface area contributed by atoms with Crippen LogP contribution in [0.4, 0.5) is 10.5 Å². The summed E-state index contributed by atoms with van der Waals surface area (Å²) in [6, 6.07) is 16.2. The maximum atomic E-state index is 13.0. The number of carbonyl (C=O) groups excluding carboxylic acids is 4. The molecule has 1 aliphatic rings. The Labute approximate surface area is 201 Å². The zero-order chi connectivity index (χ0) is 25.0. The van der Waals surface area contributed by atoms with Crippen molar-refractivity contribution in [3.63, 3.8) is 0 Å². The second-order valence-corrected chi connectivity index (χ2v) is 8.08. The molecule has 0 radical (unpaired) electrons. The van der Waals surface area contributed by atoms with Crippen molar-refractivity contribution in [1.82, 2.24) is 15.5 Å². The van der Waals surface area contributed by atoms with Gasteiger partial charge >= 0.3 is 6.03 Å². The van der Waals surface area contributed by atoms with E-state index in [0.717, 1.165) is 10.5 Å².